The predicted octanol–water partition coefficient (Wildman–Crippen LogP) is 3.77. The molecule has 0 amide bonds. The molecule has 1 heterocycles. The minimum atomic E-state index is -1.09. The molecule has 2 aromatic rings. The minimum Gasteiger partial charge on any atom is -0.487 e. The lowest BCUT2D eigenvalue weighted by molar-refractivity contribution is 0.0696. The number of benzene rings is 1. The van der Waals surface area contributed by atoms with E-state index in [4.69, 9.17) is 21.4 Å². The Morgan fingerprint density at radius 3 is 2.79 bits per heavy atom. The van der Waals surface area contributed by atoms with Gasteiger partial charge in [-0.3, -0.25) is 4.98 Å². The lowest BCUT2D eigenvalue weighted by Gasteiger charge is -2.07. The van der Waals surface area contributed by atoms with E-state index in [9.17, 15) is 4.79 Å². The number of aromatic carboxylic acids is 1. The van der Waals surface area contributed by atoms with Crippen LogP contribution in [0.25, 0.3) is 0 Å². The van der Waals surface area contributed by atoms with Gasteiger partial charge in [0, 0.05) is 10.7 Å². The van der Waals surface area contributed by atoms with Crippen LogP contribution in [0, 0.1) is 0 Å². The fourth-order valence-corrected chi connectivity index (χ4v) is 1.84. The molecule has 1 aromatic carbocycles. The summed E-state index contributed by atoms with van der Waals surface area (Å²) in [5.74, 6) is -0.649. The van der Waals surface area contributed by atoms with Gasteiger partial charge in [0.1, 0.15) is 12.4 Å². The number of nitrogens with zero attached hydrogens (tertiary/aromatic N) is 1. The molecule has 0 aliphatic rings. The van der Waals surface area contributed by atoms with Crippen molar-refractivity contribution in [2.45, 2.75) is 6.61 Å². The largest absolute Gasteiger partial charge is 0.487 e. The molecule has 0 fully saturated rings. The molecule has 0 radical (unpaired) electrons. The van der Waals surface area contributed by atoms with Crippen LogP contribution in [0.5, 0.6) is 5.75 Å². The molecule has 0 saturated carbocycles. The molecule has 4 nitrogen and oxygen atoms in total. The van der Waals surface area contributed by atoms with Crippen molar-refractivity contribution in [1.29, 1.82) is 0 Å². The number of ether oxygens (including phenoxy) is 1. The van der Waals surface area contributed by atoms with Crippen LogP contribution in [0.3, 0.4) is 0 Å². The van der Waals surface area contributed by atoms with Gasteiger partial charge >= 0.3 is 5.97 Å². The number of pyridine rings is 1. The molecule has 0 spiro atoms. The summed E-state index contributed by atoms with van der Waals surface area (Å²) in [6, 6.07) is 8.18. The van der Waals surface area contributed by atoms with E-state index in [0.29, 0.717) is 5.75 Å². The van der Waals surface area contributed by atoms with Gasteiger partial charge < -0.3 is 9.84 Å². The summed E-state index contributed by atoms with van der Waals surface area (Å²) in [6.07, 6.45) is 1.67. The zero-order valence-corrected chi connectivity index (χ0v) is 12.0. The zero-order chi connectivity index (χ0) is 13.8. The number of halogens is 2. The third-order valence-electron chi connectivity index (χ3n) is 2.34. The quantitative estimate of drug-likeness (QED) is 0.918. The Labute approximate surface area is 123 Å². The molecule has 1 N–H and O–H groups in total. The van der Waals surface area contributed by atoms with Gasteiger partial charge in [-0.1, -0.05) is 11.6 Å². The van der Waals surface area contributed by atoms with E-state index in [0.717, 1.165) is 10.2 Å². The first-order valence-corrected chi connectivity index (χ1v) is 6.49. The van der Waals surface area contributed by atoms with E-state index in [1.165, 1.54) is 12.1 Å². The Hall–Kier alpha value is -1.59. The number of carboxylic acid groups (broad SMARTS) is 1. The summed E-state index contributed by atoms with van der Waals surface area (Å²) in [4.78, 5) is 15.1. The zero-order valence-electron chi connectivity index (χ0n) is 9.64. The normalized spacial score (nSPS) is 10.2. The summed E-state index contributed by atoms with van der Waals surface area (Å²) >= 11 is 9.06. The molecule has 19 heavy (non-hydrogen) atoms. The summed E-state index contributed by atoms with van der Waals surface area (Å²) in [7, 11) is 0. The molecule has 0 atom stereocenters. The molecular weight excluding hydrogens is 334 g/mol. The Balaban J connectivity index is 2.09. The van der Waals surface area contributed by atoms with Gasteiger partial charge in [0.25, 0.3) is 0 Å². The molecule has 0 unspecified atom stereocenters. The van der Waals surface area contributed by atoms with Gasteiger partial charge in [-0.05, 0) is 46.3 Å². The molecule has 1 aromatic heterocycles. The third-order valence-corrected chi connectivity index (χ3v) is 3.14. The van der Waals surface area contributed by atoms with Crippen molar-refractivity contribution in [2.24, 2.45) is 0 Å². The maximum Gasteiger partial charge on any atom is 0.337 e. The number of hydrogen-bond acceptors (Lipinski definition) is 3. The first-order valence-electron chi connectivity index (χ1n) is 5.32. The Morgan fingerprint density at radius 1 is 1.37 bits per heavy atom. The molecule has 0 bridgehead atoms. The van der Waals surface area contributed by atoms with Crippen LogP contribution >= 0.6 is 27.5 Å². The Morgan fingerprint density at radius 2 is 2.16 bits per heavy atom. The molecule has 6 heteroatoms. The molecule has 0 aliphatic heterocycles. The smallest absolute Gasteiger partial charge is 0.337 e. The lowest BCUT2D eigenvalue weighted by atomic mass is 10.2. The van der Waals surface area contributed by atoms with Crippen LogP contribution in [0.4, 0.5) is 0 Å². The maximum atomic E-state index is 10.9. The molecule has 2 rings (SSSR count). The average Bonchev–Trinajstić information content (AvgIpc) is 2.39. The van der Waals surface area contributed by atoms with E-state index < -0.39 is 5.97 Å². The van der Waals surface area contributed by atoms with Gasteiger partial charge in [0.05, 0.1) is 16.3 Å². The highest BCUT2D eigenvalue weighted by Crippen LogP contribution is 2.22. The van der Waals surface area contributed by atoms with Crippen molar-refractivity contribution >= 4 is 33.5 Å². The van der Waals surface area contributed by atoms with Crippen molar-refractivity contribution in [3.8, 4) is 5.75 Å². The van der Waals surface area contributed by atoms with Crippen LogP contribution in [0.1, 0.15) is 16.1 Å². The van der Waals surface area contributed by atoms with E-state index in [-0.39, 0.29) is 17.2 Å². The summed E-state index contributed by atoms with van der Waals surface area (Å²) in [5, 5.41) is 9.13. The van der Waals surface area contributed by atoms with Crippen molar-refractivity contribution in [3.63, 3.8) is 0 Å². The third kappa shape index (κ3) is 3.68. The van der Waals surface area contributed by atoms with Crippen molar-refractivity contribution in [1.82, 2.24) is 4.98 Å². The highest BCUT2D eigenvalue weighted by atomic mass is 79.9. The molecule has 0 saturated heterocycles. The number of aromatic nitrogens is 1. The predicted molar refractivity (Wildman–Crippen MR) is 74.7 cm³/mol. The minimum absolute atomic E-state index is 0.0166. The van der Waals surface area contributed by atoms with E-state index in [2.05, 4.69) is 20.9 Å². The highest BCUT2D eigenvalue weighted by Gasteiger charge is 2.10. The molecular formula is C13H9BrClNO3. The standard InChI is InChI=1S/C13H9BrClNO3/c14-8-1-2-9(16-6-8)7-19-10-3-4-12(15)11(5-10)13(17)18/h1-6H,7H2,(H,17,18). The first kappa shape index (κ1) is 13.8. The topological polar surface area (TPSA) is 59.4 Å². The molecule has 0 aliphatic carbocycles. The number of rotatable bonds is 4. The first-order chi connectivity index (χ1) is 9.06. The summed E-state index contributed by atoms with van der Waals surface area (Å²) in [6.45, 7) is 0.258. The second-order valence-electron chi connectivity index (χ2n) is 3.70. The SMILES string of the molecule is O=C(O)c1cc(OCc2ccc(Br)cn2)ccc1Cl. The van der Waals surface area contributed by atoms with E-state index in [1.54, 1.807) is 12.3 Å². The summed E-state index contributed by atoms with van der Waals surface area (Å²) < 4.78 is 6.36. The van der Waals surface area contributed by atoms with Gasteiger partial charge in [0.2, 0.25) is 0 Å². The van der Waals surface area contributed by atoms with Crippen LogP contribution in [-0.4, -0.2) is 16.1 Å². The van der Waals surface area contributed by atoms with Crippen molar-refractivity contribution < 1.29 is 14.6 Å². The van der Waals surface area contributed by atoms with E-state index >= 15 is 0 Å². The van der Waals surface area contributed by atoms with Crippen LogP contribution in [-0.2, 0) is 6.61 Å². The Bertz CT molecular complexity index is 601. The fourth-order valence-electron chi connectivity index (χ4n) is 1.41. The number of carboxylic acids is 1. The van der Waals surface area contributed by atoms with Crippen LogP contribution < -0.4 is 4.74 Å². The van der Waals surface area contributed by atoms with Gasteiger partial charge in [-0.15, -0.1) is 0 Å². The van der Waals surface area contributed by atoms with Crippen molar-refractivity contribution in [3.05, 3.63) is 57.3 Å². The number of hydrogen-bond donors (Lipinski definition) is 1. The summed E-state index contributed by atoms with van der Waals surface area (Å²) in [5.41, 5.74) is 0.762. The second-order valence-corrected chi connectivity index (χ2v) is 5.03. The highest BCUT2D eigenvalue weighted by molar-refractivity contribution is 9.10. The molecule has 98 valence electrons. The van der Waals surface area contributed by atoms with Crippen LogP contribution in [0.15, 0.2) is 41.0 Å². The second kappa shape index (κ2) is 6.04. The number of carbonyl (C=O) groups is 1. The Kier molecular flexibility index (Phi) is 4.39. The van der Waals surface area contributed by atoms with Gasteiger partial charge in [-0.25, -0.2) is 4.79 Å². The van der Waals surface area contributed by atoms with Crippen LogP contribution in [0.2, 0.25) is 5.02 Å². The maximum absolute atomic E-state index is 10.9. The lowest BCUT2D eigenvalue weighted by Crippen LogP contribution is -2.01. The van der Waals surface area contributed by atoms with Crippen molar-refractivity contribution in [2.75, 3.05) is 0 Å². The average molecular weight is 343 g/mol. The monoisotopic (exact) mass is 341 g/mol. The van der Waals surface area contributed by atoms with Gasteiger partial charge in [0.15, 0.2) is 0 Å². The fraction of sp³-hybridized carbons (Fsp3) is 0.0769. The van der Waals surface area contributed by atoms with Gasteiger partial charge in [-0.2, -0.15) is 0 Å². The van der Waals surface area contributed by atoms with E-state index in [1.807, 2.05) is 12.1 Å².